The minimum atomic E-state index is -0.00838. The van der Waals surface area contributed by atoms with Crippen LogP contribution in [0.5, 0.6) is 0 Å². The minimum absolute atomic E-state index is 0.00838. The number of hydrogen-bond donors (Lipinski definition) is 0. The van der Waals surface area contributed by atoms with E-state index in [1.807, 2.05) is 6.92 Å². The fourth-order valence-corrected chi connectivity index (χ4v) is 0.813. The molecule has 0 aliphatic rings. The number of carbonyl (C=O) groups is 1. The van der Waals surface area contributed by atoms with Crippen molar-refractivity contribution < 1.29 is 9.53 Å². The Kier molecular flexibility index (Phi) is 4.27. The predicted molar refractivity (Wildman–Crippen MR) is 45.2 cm³/mol. The molecule has 62 valence electrons. The van der Waals surface area contributed by atoms with E-state index in [1.54, 1.807) is 13.0 Å². The zero-order valence-corrected chi connectivity index (χ0v) is 7.31. The maximum atomic E-state index is 10.9. The van der Waals surface area contributed by atoms with E-state index in [-0.39, 0.29) is 5.78 Å². The van der Waals surface area contributed by atoms with Crippen molar-refractivity contribution in [2.75, 3.05) is 6.61 Å². The van der Waals surface area contributed by atoms with Crippen LogP contribution in [0.2, 0.25) is 0 Å². The van der Waals surface area contributed by atoms with Crippen LogP contribution in [0.15, 0.2) is 24.0 Å². The van der Waals surface area contributed by atoms with Crippen molar-refractivity contribution in [1.29, 1.82) is 0 Å². The van der Waals surface area contributed by atoms with Crippen LogP contribution in [0.4, 0.5) is 0 Å². The molecule has 0 fully saturated rings. The van der Waals surface area contributed by atoms with E-state index < -0.39 is 0 Å². The van der Waals surface area contributed by atoms with Crippen LogP contribution in [-0.2, 0) is 9.53 Å². The second-order valence-corrected chi connectivity index (χ2v) is 2.11. The van der Waals surface area contributed by atoms with Gasteiger partial charge in [0.2, 0.25) is 0 Å². The maximum absolute atomic E-state index is 10.9. The molecular weight excluding hydrogens is 140 g/mol. The molecule has 0 amide bonds. The lowest BCUT2D eigenvalue weighted by Gasteiger charge is -2.06. The molecule has 11 heavy (non-hydrogen) atoms. The van der Waals surface area contributed by atoms with Crippen LogP contribution >= 0.6 is 0 Å². The number of allylic oxidation sites excluding steroid dienone is 2. The van der Waals surface area contributed by atoms with E-state index in [0.717, 1.165) is 0 Å². The number of hydrogen-bond acceptors (Lipinski definition) is 2. The van der Waals surface area contributed by atoms with Crippen molar-refractivity contribution in [2.24, 2.45) is 0 Å². The van der Waals surface area contributed by atoms with Gasteiger partial charge in [0, 0.05) is 0 Å². The average molecular weight is 154 g/mol. The minimum Gasteiger partial charge on any atom is -0.494 e. The molecule has 2 heteroatoms. The Labute approximate surface area is 67.6 Å². The number of Topliss-reactive ketones (excluding diaryl/α,β-unsaturated/α-hetero) is 1. The monoisotopic (exact) mass is 154 g/mol. The van der Waals surface area contributed by atoms with Crippen molar-refractivity contribution in [1.82, 2.24) is 0 Å². The normalized spacial score (nSPS) is 11.0. The molecule has 0 rings (SSSR count). The molecule has 2 nitrogen and oxygen atoms in total. The van der Waals surface area contributed by atoms with Crippen LogP contribution < -0.4 is 0 Å². The Balaban J connectivity index is 4.29. The lowest BCUT2D eigenvalue weighted by Crippen LogP contribution is -2.02. The van der Waals surface area contributed by atoms with Crippen molar-refractivity contribution in [2.45, 2.75) is 20.8 Å². The van der Waals surface area contributed by atoms with E-state index >= 15 is 0 Å². The molecule has 0 aliphatic heterocycles. The summed E-state index contributed by atoms with van der Waals surface area (Å²) in [6.07, 6.45) is 1.71. The van der Waals surface area contributed by atoms with Crippen molar-refractivity contribution in [3.05, 3.63) is 24.0 Å². The lowest BCUT2D eigenvalue weighted by atomic mass is 10.1. The van der Waals surface area contributed by atoms with Gasteiger partial charge in [-0.1, -0.05) is 12.7 Å². The molecule has 0 aromatic heterocycles. The summed E-state index contributed by atoms with van der Waals surface area (Å²) in [5, 5.41) is 0. The largest absolute Gasteiger partial charge is 0.494 e. The number of carbonyl (C=O) groups excluding carboxylic acids is 1. The summed E-state index contributed by atoms with van der Waals surface area (Å²) in [5.74, 6) is 0.452. The van der Waals surface area contributed by atoms with Gasteiger partial charge >= 0.3 is 0 Å². The highest BCUT2D eigenvalue weighted by atomic mass is 16.5. The fraction of sp³-hybridized carbons (Fsp3) is 0.444. The Bertz CT molecular complexity index is 190. The molecule has 0 aromatic carbocycles. The summed E-state index contributed by atoms with van der Waals surface area (Å²) in [7, 11) is 0. The average Bonchev–Trinajstić information content (AvgIpc) is 1.88. The number of ether oxygens (including phenoxy) is 1. The highest BCUT2D eigenvalue weighted by Crippen LogP contribution is 2.09. The molecule has 0 spiro atoms. The highest BCUT2D eigenvalue weighted by Gasteiger charge is 2.06. The fourth-order valence-electron chi connectivity index (χ4n) is 0.813. The summed E-state index contributed by atoms with van der Waals surface area (Å²) in [6, 6.07) is 0. The Morgan fingerprint density at radius 2 is 2.18 bits per heavy atom. The van der Waals surface area contributed by atoms with Gasteiger partial charge in [-0.15, -0.1) is 0 Å². The van der Waals surface area contributed by atoms with Gasteiger partial charge in [-0.3, -0.25) is 4.79 Å². The molecule has 0 atom stereocenters. The molecule has 0 saturated carbocycles. The molecule has 0 saturated heterocycles. The lowest BCUT2D eigenvalue weighted by molar-refractivity contribution is -0.113. The third kappa shape index (κ3) is 3.03. The molecule has 0 bridgehead atoms. The smallest absolute Gasteiger partial charge is 0.163 e. The predicted octanol–water partition coefficient (Wildman–Crippen LogP) is 2.07. The van der Waals surface area contributed by atoms with Gasteiger partial charge in [0.15, 0.2) is 5.78 Å². The standard InChI is InChI=1S/C9H14O2/c1-5-9(7(3)10)8(4)11-6-2/h5H,4,6H2,1-3H3. The topological polar surface area (TPSA) is 26.3 Å². The third-order valence-electron chi connectivity index (χ3n) is 1.29. The van der Waals surface area contributed by atoms with E-state index in [9.17, 15) is 4.79 Å². The summed E-state index contributed by atoms with van der Waals surface area (Å²) < 4.78 is 5.07. The second kappa shape index (κ2) is 4.72. The quantitative estimate of drug-likeness (QED) is 0.352. The van der Waals surface area contributed by atoms with E-state index in [1.165, 1.54) is 6.92 Å². The maximum Gasteiger partial charge on any atom is 0.163 e. The van der Waals surface area contributed by atoms with Gasteiger partial charge in [0.25, 0.3) is 0 Å². The molecule has 0 radical (unpaired) electrons. The Morgan fingerprint density at radius 3 is 2.45 bits per heavy atom. The zero-order chi connectivity index (χ0) is 8.85. The first-order valence-electron chi connectivity index (χ1n) is 3.62. The first kappa shape index (κ1) is 9.95. The zero-order valence-electron chi connectivity index (χ0n) is 7.31. The number of rotatable bonds is 4. The van der Waals surface area contributed by atoms with Crippen molar-refractivity contribution >= 4 is 5.78 Å². The van der Waals surface area contributed by atoms with Gasteiger partial charge in [-0.25, -0.2) is 0 Å². The van der Waals surface area contributed by atoms with Crippen LogP contribution in [0.1, 0.15) is 20.8 Å². The molecule has 0 unspecified atom stereocenters. The van der Waals surface area contributed by atoms with Gasteiger partial charge in [-0.05, 0) is 20.8 Å². The summed E-state index contributed by atoms with van der Waals surface area (Å²) in [6.45, 7) is 9.32. The molecular formula is C9H14O2. The van der Waals surface area contributed by atoms with Crippen molar-refractivity contribution in [3.8, 4) is 0 Å². The van der Waals surface area contributed by atoms with Crippen LogP contribution in [0.3, 0.4) is 0 Å². The van der Waals surface area contributed by atoms with Crippen molar-refractivity contribution in [3.63, 3.8) is 0 Å². The number of ketones is 1. The van der Waals surface area contributed by atoms with Gasteiger partial charge in [0.1, 0.15) is 5.76 Å². The van der Waals surface area contributed by atoms with Crippen LogP contribution in [0.25, 0.3) is 0 Å². The molecule has 0 aliphatic carbocycles. The summed E-state index contributed by atoms with van der Waals surface area (Å²) in [4.78, 5) is 10.9. The SMILES string of the molecule is C=C(OCC)C(=CC)C(C)=O. The molecule has 0 heterocycles. The van der Waals surface area contributed by atoms with E-state index in [2.05, 4.69) is 6.58 Å². The molecule has 0 aromatic rings. The van der Waals surface area contributed by atoms with Crippen LogP contribution in [0, 0.1) is 0 Å². The summed E-state index contributed by atoms with van der Waals surface area (Å²) >= 11 is 0. The Morgan fingerprint density at radius 1 is 1.64 bits per heavy atom. The van der Waals surface area contributed by atoms with E-state index in [0.29, 0.717) is 17.9 Å². The van der Waals surface area contributed by atoms with Gasteiger partial charge in [0.05, 0.1) is 12.2 Å². The van der Waals surface area contributed by atoms with Gasteiger partial charge < -0.3 is 4.74 Å². The molecule has 0 N–H and O–H groups in total. The summed E-state index contributed by atoms with van der Waals surface area (Å²) in [5.41, 5.74) is 0.562. The Hall–Kier alpha value is -1.05. The van der Waals surface area contributed by atoms with Crippen LogP contribution in [-0.4, -0.2) is 12.4 Å². The third-order valence-corrected chi connectivity index (χ3v) is 1.29. The van der Waals surface area contributed by atoms with Gasteiger partial charge in [-0.2, -0.15) is 0 Å². The first-order chi connectivity index (χ1) is 5.13. The van der Waals surface area contributed by atoms with E-state index in [4.69, 9.17) is 4.74 Å². The highest BCUT2D eigenvalue weighted by molar-refractivity contribution is 5.96. The second-order valence-electron chi connectivity index (χ2n) is 2.11. The first-order valence-corrected chi connectivity index (χ1v) is 3.62.